The number of aryl methyl sites for hydroxylation is 2. The van der Waals surface area contributed by atoms with Gasteiger partial charge in [-0.15, -0.1) is 11.3 Å². The number of aromatic nitrogens is 1. The van der Waals surface area contributed by atoms with E-state index in [9.17, 15) is 19.2 Å². The van der Waals surface area contributed by atoms with Crippen molar-refractivity contribution >= 4 is 52.2 Å². The van der Waals surface area contributed by atoms with Crippen molar-refractivity contribution in [1.29, 1.82) is 0 Å². The molecule has 3 amide bonds. The van der Waals surface area contributed by atoms with Crippen LogP contribution in [0.4, 0.5) is 20.4 Å². The number of nitrogens with zero attached hydrogens (tertiary/aromatic N) is 3. The molecule has 2 aromatic rings. The van der Waals surface area contributed by atoms with Gasteiger partial charge in [-0.05, 0) is 85.0 Å². The van der Waals surface area contributed by atoms with Gasteiger partial charge in [0.2, 0.25) is 11.9 Å². The standard InChI is InChI=1S/C31H44N6O7S/c1-19(38)32-27-34-23(24(45-27)18-37-16-15-21(17-37)25(39)42-8)14-11-20-9-12-22(13-10-20)33-26(35-28(40)43-30(2,3)4)36-29(41)44-31(5,6)7/h9-10,12-13,21H,11,14-18H2,1-8H3,(H,32,34,38)(H2,33,35,36,40,41)/t21-/m0/s1. The highest BCUT2D eigenvalue weighted by molar-refractivity contribution is 7.15. The van der Waals surface area contributed by atoms with Crippen LogP contribution in [0.3, 0.4) is 0 Å². The fourth-order valence-electron chi connectivity index (χ4n) is 4.46. The number of aliphatic imine (C=N–C) groups is 1. The summed E-state index contributed by atoms with van der Waals surface area (Å²) < 4.78 is 15.5. The number of esters is 1. The molecule has 1 aromatic carbocycles. The number of hydrogen-bond acceptors (Lipinski definition) is 11. The van der Waals surface area contributed by atoms with E-state index in [1.54, 1.807) is 53.7 Å². The summed E-state index contributed by atoms with van der Waals surface area (Å²) in [5.74, 6) is -0.657. The number of methoxy groups -OCH3 is 1. The molecule has 14 heteroatoms. The fraction of sp³-hybridized carbons (Fsp3) is 0.548. The van der Waals surface area contributed by atoms with Gasteiger partial charge < -0.3 is 19.5 Å². The first kappa shape index (κ1) is 35.4. The van der Waals surface area contributed by atoms with Crippen LogP contribution in [0, 0.1) is 5.92 Å². The van der Waals surface area contributed by atoms with Crippen LogP contribution in [0.5, 0.6) is 0 Å². The van der Waals surface area contributed by atoms with Gasteiger partial charge >= 0.3 is 18.2 Å². The van der Waals surface area contributed by atoms with Gasteiger partial charge in [0.05, 0.1) is 24.4 Å². The van der Waals surface area contributed by atoms with Crippen molar-refractivity contribution in [2.24, 2.45) is 10.9 Å². The minimum atomic E-state index is -0.777. The quantitative estimate of drug-likeness (QED) is 0.157. The Labute approximate surface area is 268 Å². The molecular weight excluding hydrogens is 600 g/mol. The van der Waals surface area contributed by atoms with Crippen LogP contribution in [-0.2, 0) is 43.2 Å². The average Bonchev–Trinajstić information content (AvgIpc) is 3.52. The summed E-state index contributed by atoms with van der Waals surface area (Å²) in [5, 5.41) is 8.28. The summed E-state index contributed by atoms with van der Waals surface area (Å²) in [6, 6.07) is 7.34. The van der Waals surface area contributed by atoms with Crippen molar-refractivity contribution in [3.63, 3.8) is 0 Å². The molecule has 3 N–H and O–H groups in total. The number of ether oxygens (including phenoxy) is 3. The van der Waals surface area contributed by atoms with E-state index >= 15 is 0 Å². The van der Waals surface area contributed by atoms with Gasteiger partial charge in [0.15, 0.2) is 5.13 Å². The maximum Gasteiger partial charge on any atom is 0.414 e. The van der Waals surface area contributed by atoms with Crippen LogP contribution in [0.2, 0.25) is 0 Å². The van der Waals surface area contributed by atoms with Gasteiger partial charge in [0, 0.05) is 24.9 Å². The van der Waals surface area contributed by atoms with Crippen LogP contribution >= 0.6 is 11.3 Å². The Morgan fingerprint density at radius 1 is 0.978 bits per heavy atom. The molecule has 2 heterocycles. The Kier molecular flexibility index (Phi) is 12.1. The topological polar surface area (TPSA) is 161 Å². The third kappa shape index (κ3) is 12.5. The number of carbonyl (C=O) groups is 4. The second-order valence-electron chi connectivity index (χ2n) is 12.7. The van der Waals surface area contributed by atoms with Gasteiger partial charge in [-0.25, -0.2) is 19.6 Å². The van der Waals surface area contributed by atoms with E-state index in [0.717, 1.165) is 29.1 Å². The Hall–Kier alpha value is -4.04. The van der Waals surface area contributed by atoms with Crippen LogP contribution in [0.15, 0.2) is 29.3 Å². The average molecular weight is 645 g/mol. The molecule has 0 aliphatic carbocycles. The van der Waals surface area contributed by atoms with E-state index in [1.807, 2.05) is 12.1 Å². The largest absolute Gasteiger partial charge is 0.469 e. The minimum absolute atomic E-state index is 0.137. The predicted molar refractivity (Wildman–Crippen MR) is 172 cm³/mol. The van der Waals surface area contributed by atoms with E-state index < -0.39 is 23.4 Å². The van der Waals surface area contributed by atoms with Gasteiger partial charge in [-0.1, -0.05) is 12.1 Å². The number of hydrogen-bond donors (Lipinski definition) is 3. The Balaban J connectivity index is 1.72. The summed E-state index contributed by atoms with van der Waals surface area (Å²) >= 11 is 1.44. The lowest BCUT2D eigenvalue weighted by atomic mass is 10.1. The predicted octanol–water partition coefficient (Wildman–Crippen LogP) is 4.92. The number of benzene rings is 1. The molecule has 45 heavy (non-hydrogen) atoms. The number of nitrogens with one attached hydrogen (secondary N) is 3. The van der Waals surface area contributed by atoms with E-state index in [4.69, 9.17) is 14.2 Å². The number of alkyl carbamates (subject to hydrolysis) is 2. The highest BCUT2D eigenvalue weighted by Crippen LogP contribution is 2.29. The van der Waals surface area contributed by atoms with E-state index in [0.29, 0.717) is 36.8 Å². The van der Waals surface area contributed by atoms with Gasteiger partial charge in [0.25, 0.3) is 0 Å². The van der Waals surface area contributed by atoms with Crippen molar-refractivity contribution < 1.29 is 33.4 Å². The number of thiazole rings is 1. The zero-order chi connectivity index (χ0) is 33.4. The summed E-state index contributed by atoms with van der Waals surface area (Å²) in [6.07, 6.45) is 0.497. The first-order valence-electron chi connectivity index (χ1n) is 14.7. The molecular formula is C31H44N6O7S. The lowest BCUT2D eigenvalue weighted by molar-refractivity contribution is -0.145. The fourth-order valence-corrected chi connectivity index (χ4v) is 5.56. The summed E-state index contributed by atoms with van der Waals surface area (Å²) in [4.78, 5) is 60.8. The molecule has 1 atom stereocenters. The molecule has 1 fully saturated rings. The smallest absolute Gasteiger partial charge is 0.414 e. The first-order valence-corrected chi connectivity index (χ1v) is 15.6. The maximum absolute atomic E-state index is 12.4. The summed E-state index contributed by atoms with van der Waals surface area (Å²) in [7, 11) is 1.41. The maximum atomic E-state index is 12.4. The third-order valence-electron chi connectivity index (χ3n) is 6.30. The first-order chi connectivity index (χ1) is 21.0. The Morgan fingerprint density at radius 3 is 2.11 bits per heavy atom. The lowest BCUT2D eigenvalue weighted by Crippen LogP contribution is -2.47. The second-order valence-corrected chi connectivity index (χ2v) is 13.8. The van der Waals surface area contributed by atoms with Crippen molar-refractivity contribution in [3.05, 3.63) is 40.4 Å². The van der Waals surface area contributed by atoms with Crippen LogP contribution in [0.1, 0.15) is 71.0 Å². The third-order valence-corrected chi connectivity index (χ3v) is 7.30. The molecule has 13 nitrogen and oxygen atoms in total. The molecule has 0 radical (unpaired) electrons. The number of carbonyl (C=O) groups excluding carboxylic acids is 4. The lowest BCUT2D eigenvalue weighted by Gasteiger charge is -2.22. The summed E-state index contributed by atoms with van der Waals surface area (Å²) in [5.41, 5.74) is 0.892. The SMILES string of the molecule is COC(=O)[C@H]1CCN(Cc2sc(NC(C)=O)nc2CCc2ccc(N=C(NC(=O)OC(C)(C)C)NC(=O)OC(C)(C)C)cc2)C1. The number of rotatable bonds is 8. The zero-order valence-electron chi connectivity index (χ0n) is 27.2. The van der Waals surface area contributed by atoms with Crippen LogP contribution < -0.4 is 16.0 Å². The molecule has 0 saturated carbocycles. The minimum Gasteiger partial charge on any atom is -0.469 e. The molecule has 0 unspecified atom stereocenters. The van der Waals surface area contributed by atoms with E-state index in [2.05, 4.69) is 30.8 Å². The molecule has 246 valence electrons. The normalized spacial score (nSPS) is 15.2. The van der Waals surface area contributed by atoms with Crippen molar-refractivity contribution in [3.8, 4) is 0 Å². The Bertz CT molecular complexity index is 1360. The van der Waals surface area contributed by atoms with E-state index in [-0.39, 0.29) is 23.8 Å². The molecule has 0 bridgehead atoms. The van der Waals surface area contributed by atoms with Crippen LogP contribution in [-0.4, -0.2) is 71.3 Å². The Morgan fingerprint density at radius 2 is 1.58 bits per heavy atom. The summed E-state index contributed by atoms with van der Waals surface area (Å²) in [6.45, 7) is 13.8. The van der Waals surface area contributed by atoms with Crippen molar-refractivity contribution in [2.75, 3.05) is 25.5 Å². The second kappa shape index (κ2) is 15.3. The molecule has 1 saturated heterocycles. The highest BCUT2D eigenvalue weighted by Gasteiger charge is 2.30. The van der Waals surface area contributed by atoms with Gasteiger partial charge in [-0.2, -0.15) is 0 Å². The van der Waals surface area contributed by atoms with Gasteiger partial charge in [0.1, 0.15) is 11.2 Å². The molecule has 3 rings (SSSR count). The zero-order valence-corrected chi connectivity index (χ0v) is 28.1. The molecule has 1 aliphatic heterocycles. The number of likely N-dealkylation sites (tertiary alicyclic amines) is 1. The highest BCUT2D eigenvalue weighted by atomic mass is 32.1. The monoisotopic (exact) mass is 644 g/mol. The number of anilines is 1. The van der Waals surface area contributed by atoms with Crippen LogP contribution in [0.25, 0.3) is 0 Å². The number of guanidine groups is 1. The molecule has 0 spiro atoms. The van der Waals surface area contributed by atoms with E-state index in [1.165, 1.54) is 25.4 Å². The molecule has 1 aromatic heterocycles. The van der Waals surface area contributed by atoms with Crippen molar-refractivity contribution in [1.82, 2.24) is 20.5 Å². The number of amides is 3. The molecule has 1 aliphatic rings. The van der Waals surface area contributed by atoms with Gasteiger partial charge in [-0.3, -0.25) is 25.1 Å². The van der Waals surface area contributed by atoms with Crippen molar-refractivity contribution in [2.45, 2.75) is 85.5 Å².